The van der Waals surface area contributed by atoms with Gasteiger partial charge in [-0.15, -0.1) is 0 Å². The molecule has 0 bridgehead atoms. The van der Waals surface area contributed by atoms with E-state index in [4.69, 9.17) is 0 Å². The van der Waals surface area contributed by atoms with Gasteiger partial charge in [-0.3, -0.25) is 4.79 Å². The van der Waals surface area contributed by atoms with Crippen LogP contribution in [0.5, 0.6) is 0 Å². The first-order valence-corrected chi connectivity index (χ1v) is 5.51. The second-order valence-electron chi connectivity index (χ2n) is 4.09. The quantitative estimate of drug-likeness (QED) is 0.796. The molecule has 0 unspecified atom stereocenters. The molecular weight excluding hydrogens is 202 g/mol. The lowest BCUT2D eigenvalue weighted by atomic mass is 10.1. The second kappa shape index (κ2) is 4.53. The molecule has 2 rings (SSSR count). The molecule has 1 aromatic rings. The highest BCUT2D eigenvalue weighted by Crippen LogP contribution is 2.29. The number of carbonyl (C=O) groups excluding carboxylic acids is 1. The van der Waals surface area contributed by atoms with E-state index in [0.717, 1.165) is 24.5 Å². The first kappa shape index (κ1) is 11.0. The highest BCUT2D eigenvalue weighted by molar-refractivity contribution is 6.01. The van der Waals surface area contributed by atoms with Gasteiger partial charge in [0.25, 0.3) is 0 Å². The van der Waals surface area contributed by atoms with Crippen LogP contribution in [-0.2, 0) is 4.79 Å². The number of nitrogens with one attached hydrogen (secondary N) is 2. The molecule has 4 heteroatoms. The molecule has 1 aliphatic rings. The van der Waals surface area contributed by atoms with Gasteiger partial charge in [-0.1, -0.05) is 6.07 Å². The van der Waals surface area contributed by atoms with E-state index in [2.05, 4.69) is 28.5 Å². The molecule has 2 N–H and O–H groups in total. The summed E-state index contributed by atoms with van der Waals surface area (Å²) in [5, 5.41) is 5.99. The number of aryl methyl sites for hydroxylation is 1. The molecule has 0 aromatic heterocycles. The molecule has 1 heterocycles. The molecule has 86 valence electrons. The lowest BCUT2D eigenvalue weighted by molar-refractivity contribution is -0.115. The van der Waals surface area contributed by atoms with E-state index in [1.54, 1.807) is 0 Å². The SMILES string of the molecule is CNCCN1CC(=O)Nc2ccc(C)cc21. The third kappa shape index (κ3) is 2.17. The number of rotatable bonds is 3. The normalized spacial score (nSPS) is 14.6. The zero-order valence-corrected chi connectivity index (χ0v) is 9.71. The van der Waals surface area contributed by atoms with Crippen LogP contribution < -0.4 is 15.5 Å². The maximum Gasteiger partial charge on any atom is 0.243 e. The minimum atomic E-state index is 0.0625. The molecular formula is C12H17N3O. The second-order valence-corrected chi connectivity index (χ2v) is 4.09. The minimum absolute atomic E-state index is 0.0625. The Bertz CT molecular complexity index is 403. The average Bonchev–Trinajstić information content (AvgIpc) is 2.26. The lowest BCUT2D eigenvalue weighted by Gasteiger charge is -2.31. The number of anilines is 2. The Hall–Kier alpha value is -1.55. The summed E-state index contributed by atoms with van der Waals surface area (Å²) in [4.78, 5) is 13.6. The summed E-state index contributed by atoms with van der Waals surface area (Å²) in [7, 11) is 1.92. The average molecular weight is 219 g/mol. The van der Waals surface area contributed by atoms with Crippen molar-refractivity contribution in [3.05, 3.63) is 23.8 Å². The fourth-order valence-electron chi connectivity index (χ4n) is 1.90. The minimum Gasteiger partial charge on any atom is -0.359 e. The molecule has 1 aromatic carbocycles. The summed E-state index contributed by atoms with van der Waals surface area (Å²) in [6.07, 6.45) is 0. The van der Waals surface area contributed by atoms with Gasteiger partial charge >= 0.3 is 0 Å². The highest BCUT2D eigenvalue weighted by Gasteiger charge is 2.21. The topological polar surface area (TPSA) is 44.4 Å². The molecule has 0 spiro atoms. The van der Waals surface area contributed by atoms with Crippen LogP contribution in [-0.4, -0.2) is 32.6 Å². The van der Waals surface area contributed by atoms with E-state index < -0.39 is 0 Å². The zero-order chi connectivity index (χ0) is 11.5. The number of hydrogen-bond acceptors (Lipinski definition) is 3. The predicted octanol–water partition coefficient (Wildman–Crippen LogP) is 0.973. The summed E-state index contributed by atoms with van der Waals surface area (Å²) >= 11 is 0. The third-order valence-corrected chi connectivity index (χ3v) is 2.73. The number of benzene rings is 1. The first-order valence-electron chi connectivity index (χ1n) is 5.51. The van der Waals surface area contributed by atoms with E-state index >= 15 is 0 Å². The van der Waals surface area contributed by atoms with Crippen LogP contribution in [0.15, 0.2) is 18.2 Å². The van der Waals surface area contributed by atoms with E-state index in [1.165, 1.54) is 5.56 Å². The van der Waals surface area contributed by atoms with Crippen LogP contribution in [0.1, 0.15) is 5.56 Å². The van der Waals surface area contributed by atoms with Crippen LogP contribution in [0.3, 0.4) is 0 Å². The number of likely N-dealkylation sites (N-methyl/N-ethyl adjacent to an activating group) is 1. The Morgan fingerprint density at radius 3 is 3.06 bits per heavy atom. The molecule has 1 aliphatic heterocycles. The Morgan fingerprint density at radius 1 is 1.50 bits per heavy atom. The van der Waals surface area contributed by atoms with Gasteiger partial charge in [0.2, 0.25) is 5.91 Å². The largest absolute Gasteiger partial charge is 0.359 e. The zero-order valence-electron chi connectivity index (χ0n) is 9.71. The number of nitrogens with zero attached hydrogens (tertiary/aromatic N) is 1. The summed E-state index contributed by atoms with van der Waals surface area (Å²) < 4.78 is 0. The van der Waals surface area contributed by atoms with Crippen LogP contribution >= 0.6 is 0 Å². The Labute approximate surface area is 95.6 Å². The maximum absolute atomic E-state index is 11.5. The third-order valence-electron chi connectivity index (χ3n) is 2.73. The van der Waals surface area contributed by atoms with Crippen molar-refractivity contribution in [3.63, 3.8) is 0 Å². The fourth-order valence-corrected chi connectivity index (χ4v) is 1.90. The predicted molar refractivity (Wildman–Crippen MR) is 65.9 cm³/mol. The molecule has 0 aliphatic carbocycles. The summed E-state index contributed by atoms with van der Waals surface area (Å²) in [6.45, 7) is 4.23. The Morgan fingerprint density at radius 2 is 2.31 bits per heavy atom. The van der Waals surface area contributed by atoms with E-state index in [-0.39, 0.29) is 5.91 Å². The Balaban J connectivity index is 2.28. The molecule has 0 saturated carbocycles. The maximum atomic E-state index is 11.5. The summed E-state index contributed by atoms with van der Waals surface area (Å²) in [5.74, 6) is 0.0625. The van der Waals surface area contributed by atoms with Gasteiger partial charge in [0.05, 0.1) is 17.9 Å². The first-order chi connectivity index (χ1) is 7.70. The smallest absolute Gasteiger partial charge is 0.243 e. The van der Waals surface area contributed by atoms with Crippen molar-refractivity contribution < 1.29 is 4.79 Å². The number of fused-ring (bicyclic) bond motifs is 1. The molecule has 16 heavy (non-hydrogen) atoms. The van der Waals surface area contributed by atoms with Crippen LogP contribution in [0, 0.1) is 6.92 Å². The van der Waals surface area contributed by atoms with Crippen molar-refractivity contribution in [3.8, 4) is 0 Å². The fraction of sp³-hybridized carbons (Fsp3) is 0.417. The van der Waals surface area contributed by atoms with Gasteiger partial charge in [0.15, 0.2) is 0 Å². The molecule has 0 radical (unpaired) electrons. The van der Waals surface area contributed by atoms with Gasteiger partial charge in [-0.2, -0.15) is 0 Å². The van der Waals surface area contributed by atoms with Crippen molar-refractivity contribution in [1.82, 2.24) is 5.32 Å². The van der Waals surface area contributed by atoms with Crippen molar-refractivity contribution in [1.29, 1.82) is 0 Å². The van der Waals surface area contributed by atoms with Crippen molar-refractivity contribution in [2.45, 2.75) is 6.92 Å². The molecule has 0 atom stereocenters. The van der Waals surface area contributed by atoms with Crippen molar-refractivity contribution >= 4 is 17.3 Å². The van der Waals surface area contributed by atoms with Gasteiger partial charge in [0.1, 0.15) is 0 Å². The molecule has 0 fully saturated rings. The van der Waals surface area contributed by atoms with E-state index in [1.807, 2.05) is 19.2 Å². The summed E-state index contributed by atoms with van der Waals surface area (Å²) in [5.41, 5.74) is 3.25. The van der Waals surface area contributed by atoms with Crippen molar-refractivity contribution in [2.75, 3.05) is 36.9 Å². The summed E-state index contributed by atoms with van der Waals surface area (Å²) in [6, 6.07) is 6.10. The van der Waals surface area contributed by atoms with Gasteiger partial charge < -0.3 is 15.5 Å². The van der Waals surface area contributed by atoms with Crippen molar-refractivity contribution in [2.24, 2.45) is 0 Å². The van der Waals surface area contributed by atoms with Gasteiger partial charge in [0, 0.05) is 13.1 Å². The highest BCUT2D eigenvalue weighted by atomic mass is 16.2. The van der Waals surface area contributed by atoms with Crippen LogP contribution in [0.4, 0.5) is 11.4 Å². The number of amides is 1. The number of carbonyl (C=O) groups is 1. The standard InChI is InChI=1S/C12H17N3O/c1-9-3-4-10-11(7-9)15(6-5-13-2)8-12(16)14-10/h3-4,7,13H,5-6,8H2,1-2H3,(H,14,16). The molecule has 0 saturated heterocycles. The number of hydrogen-bond donors (Lipinski definition) is 2. The molecule has 1 amide bonds. The monoisotopic (exact) mass is 219 g/mol. The van der Waals surface area contributed by atoms with E-state index in [0.29, 0.717) is 6.54 Å². The lowest BCUT2D eigenvalue weighted by Crippen LogP contribution is -2.41. The van der Waals surface area contributed by atoms with E-state index in [9.17, 15) is 4.79 Å². The van der Waals surface area contributed by atoms with Gasteiger partial charge in [-0.05, 0) is 31.7 Å². The van der Waals surface area contributed by atoms with Crippen LogP contribution in [0.25, 0.3) is 0 Å². The van der Waals surface area contributed by atoms with Gasteiger partial charge in [-0.25, -0.2) is 0 Å². The molecule has 4 nitrogen and oxygen atoms in total. The Kier molecular flexibility index (Phi) is 3.10. The van der Waals surface area contributed by atoms with Crippen LogP contribution in [0.2, 0.25) is 0 Å².